The maximum absolute atomic E-state index is 13.1. The molecule has 0 radical (unpaired) electrons. The first-order chi connectivity index (χ1) is 14.0. The van der Waals surface area contributed by atoms with E-state index in [1.807, 2.05) is 13.8 Å². The van der Waals surface area contributed by atoms with E-state index < -0.39 is 6.04 Å². The van der Waals surface area contributed by atoms with Crippen LogP contribution < -0.4 is 15.4 Å². The Kier molecular flexibility index (Phi) is 6.84. The summed E-state index contributed by atoms with van der Waals surface area (Å²) < 4.78 is 18.8. The molecule has 3 rings (SSSR count). The Morgan fingerprint density at radius 2 is 2.07 bits per heavy atom. The lowest BCUT2D eigenvalue weighted by Crippen LogP contribution is -2.17. The van der Waals surface area contributed by atoms with Crippen LogP contribution in [0, 0.1) is 5.82 Å². The number of H-pyrrole nitrogens is 1. The van der Waals surface area contributed by atoms with E-state index in [2.05, 4.69) is 30.8 Å². The van der Waals surface area contributed by atoms with Gasteiger partial charge in [0, 0.05) is 6.07 Å². The summed E-state index contributed by atoms with van der Waals surface area (Å²) in [5.41, 5.74) is 0.697. The van der Waals surface area contributed by atoms with Crippen LogP contribution in [-0.4, -0.2) is 38.0 Å². The molecule has 0 spiro atoms. The van der Waals surface area contributed by atoms with E-state index in [9.17, 15) is 9.50 Å². The normalized spacial score (nSPS) is 13.0. The lowest BCUT2D eigenvalue weighted by molar-refractivity contribution is 0.208. The highest BCUT2D eigenvalue weighted by atomic mass is 35.5. The molecule has 0 amide bonds. The number of ether oxygens (including phenoxy) is 1. The van der Waals surface area contributed by atoms with Gasteiger partial charge in [-0.25, -0.2) is 9.37 Å². The number of anilines is 3. The molecular formula is C19H22ClFN6O2. The van der Waals surface area contributed by atoms with Crippen molar-refractivity contribution in [3.63, 3.8) is 0 Å². The molecule has 2 heterocycles. The third-order valence-corrected chi connectivity index (χ3v) is 4.48. The molecule has 2 aromatic heterocycles. The van der Waals surface area contributed by atoms with Gasteiger partial charge in [-0.15, -0.1) is 5.10 Å². The predicted molar refractivity (Wildman–Crippen MR) is 109 cm³/mol. The van der Waals surface area contributed by atoms with Crippen LogP contribution in [0.5, 0.6) is 5.88 Å². The third kappa shape index (κ3) is 5.55. The highest BCUT2D eigenvalue weighted by Gasteiger charge is 2.14. The summed E-state index contributed by atoms with van der Waals surface area (Å²) in [5.74, 6) is 1.25. The second kappa shape index (κ2) is 9.53. The number of halogens is 2. The van der Waals surface area contributed by atoms with E-state index in [0.29, 0.717) is 28.1 Å². The number of rotatable bonds is 9. The molecule has 0 fully saturated rings. The Morgan fingerprint density at radius 1 is 1.31 bits per heavy atom. The molecule has 29 heavy (non-hydrogen) atoms. The summed E-state index contributed by atoms with van der Waals surface area (Å²) in [6, 6.07) is 7.02. The number of aromatic nitrogens is 4. The van der Waals surface area contributed by atoms with E-state index in [4.69, 9.17) is 16.3 Å². The predicted octanol–water partition coefficient (Wildman–Crippen LogP) is 4.06. The van der Waals surface area contributed by atoms with Crippen LogP contribution in [0.2, 0.25) is 5.02 Å². The monoisotopic (exact) mass is 420 g/mol. The lowest BCUT2D eigenvalue weighted by atomic mass is 10.1. The van der Waals surface area contributed by atoms with Crippen LogP contribution in [0.1, 0.15) is 31.9 Å². The average Bonchev–Trinajstić information content (AvgIpc) is 3.15. The van der Waals surface area contributed by atoms with Crippen molar-refractivity contribution in [2.45, 2.75) is 32.4 Å². The van der Waals surface area contributed by atoms with Crippen molar-refractivity contribution >= 4 is 29.2 Å². The Hall–Kier alpha value is -2.91. The second-order valence-corrected chi connectivity index (χ2v) is 6.81. The summed E-state index contributed by atoms with van der Waals surface area (Å²) in [7, 11) is 0. The van der Waals surface area contributed by atoms with E-state index in [1.165, 1.54) is 18.3 Å². The fraction of sp³-hybridized carbons (Fsp3) is 0.316. The Bertz CT molecular complexity index is 937. The molecule has 4 N–H and O–H groups in total. The zero-order valence-corrected chi connectivity index (χ0v) is 16.7. The molecule has 0 saturated carbocycles. The lowest BCUT2D eigenvalue weighted by Gasteiger charge is -2.17. The SMILES string of the molecule is CCC(C)Oc1cc(Nc2nc(N[C@@H](CO)c3ccc(F)cc3)ncc2Cl)[nH]n1. The van der Waals surface area contributed by atoms with Gasteiger partial charge in [0.2, 0.25) is 11.8 Å². The van der Waals surface area contributed by atoms with Gasteiger partial charge in [-0.05, 0) is 31.0 Å². The van der Waals surface area contributed by atoms with Crippen molar-refractivity contribution in [1.29, 1.82) is 0 Å². The summed E-state index contributed by atoms with van der Waals surface area (Å²) in [6.07, 6.45) is 2.35. The molecule has 3 aromatic rings. The van der Waals surface area contributed by atoms with Gasteiger partial charge < -0.3 is 20.5 Å². The van der Waals surface area contributed by atoms with Crippen LogP contribution in [0.3, 0.4) is 0 Å². The topological polar surface area (TPSA) is 108 Å². The van der Waals surface area contributed by atoms with Gasteiger partial charge in [-0.1, -0.05) is 30.7 Å². The van der Waals surface area contributed by atoms with Crippen molar-refractivity contribution in [2.24, 2.45) is 0 Å². The van der Waals surface area contributed by atoms with Gasteiger partial charge in [0.15, 0.2) is 5.82 Å². The molecule has 0 aliphatic heterocycles. The third-order valence-electron chi connectivity index (χ3n) is 4.21. The molecular weight excluding hydrogens is 399 g/mol. The number of aliphatic hydroxyl groups is 1. The highest BCUT2D eigenvalue weighted by molar-refractivity contribution is 6.32. The average molecular weight is 421 g/mol. The van der Waals surface area contributed by atoms with E-state index >= 15 is 0 Å². The van der Waals surface area contributed by atoms with Crippen LogP contribution in [-0.2, 0) is 0 Å². The van der Waals surface area contributed by atoms with Crippen molar-refractivity contribution in [3.8, 4) is 5.88 Å². The molecule has 10 heteroatoms. The summed E-state index contributed by atoms with van der Waals surface area (Å²) >= 11 is 6.19. The number of hydrogen-bond donors (Lipinski definition) is 4. The molecule has 154 valence electrons. The van der Waals surface area contributed by atoms with Crippen LogP contribution in [0.25, 0.3) is 0 Å². The van der Waals surface area contributed by atoms with Gasteiger partial charge in [0.25, 0.3) is 0 Å². The van der Waals surface area contributed by atoms with Crippen molar-refractivity contribution in [3.05, 3.63) is 52.9 Å². The Labute approximate surface area is 172 Å². The molecule has 0 bridgehead atoms. The maximum Gasteiger partial charge on any atom is 0.234 e. The second-order valence-electron chi connectivity index (χ2n) is 6.40. The van der Waals surface area contributed by atoms with E-state index in [-0.39, 0.29) is 24.5 Å². The summed E-state index contributed by atoms with van der Waals surface area (Å²) in [5, 5.41) is 22.9. The number of nitrogens with one attached hydrogen (secondary N) is 3. The Balaban J connectivity index is 1.73. The maximum atomic E-state index is 13.1. The standard InChI is InChI=1S/C19H22ClFN6O2/c1-3-11(2)29-17-8-16(26-27-17)24-18-14(20)9-22-19(25-18)23-15(10-28)12-4-6-13(21)7-5-12/h4-9,11,15,28H,3,10H2,1-2H3,(H3,22,23,24,25,26,27)/t11?,15-/m0/s1. The van der Waals surface area contributed by atoms with Gasteiger partial charge in [0.05, 0.1) is 24.9 Å². The number of aromatic amines is 1. The highest BCUT2D eigenvalue weighted by Crippen LogP contribution is 2.26. The fourth-order valence-corrected chi connectivity index (χ4v) is 2.59. The minimum absolute atomic E-state index is 0.0477. The molecule has 0 aliphatic rings. The van der Waals surface area contributed by atoms with Crippen LogP contribution in [0.4, 0.5) is 22.0 Å². The number of hydrogen-bond acceptors (Lipinski definition) is 7. The molecule has 1 aromatic carbocycles. The Morgan fingerprint density at radius 3 is 2.76 bits per heavy atom. The van der Waals surface area contributed by atoms with Gasteiger partial charge in [-0.2, -0.15) is 4.98 Å². The molecule has 0 aliphatic carbocycles. The van der Waals surface area contributed by atoms with Crippen LogP contribution in [0.15, 0.2) is 36.5 Å². The first kappa shape index (κ1) is 20.8. The smallest absolute Gasteiger partial charge is 0.234 e. The van der Waals surface area contributed by atoms with Crippen LogP contribution >= 0.6 is 11.6 Å². The summed E-state index contributed by atoms with van der Waals surface area (Å²) in [6.45, 7) is 3.76. The summed E-state index contributed by atoms with van der Waals surface area (Å²) in [4.78, 5) is 8.48. The quantitative estimate of drug-likeness (QED) is 0.413. The first-order valence-electron chi connectivity index (χ1n) is 9.13. The molecule has 2 atom stereocenters. The fourth-order valence-electron chi connectivity index (χ4n) is 2.45. The molecule has 0 saturated heterocycles. The van der Waals surface area contributed by atoms with Crippen molar-refractivity contribution in [1.82, 2.24) is 20.2 Å². The van der Waals surface area contributed by atoms with Crippen molar-refractivity contribution < 1.29 is 14.2 Å². The minimum atomic E-state index is -0.507. The number of benzene rings is 1. The first-order valence-corrected chi connectivity index (χ1v) is 9.50. The molecule has 1 unspecified atom stereocenters. The zero-order chi connectivity index (χ0) is 20.8. The number of aliphatic hydroxyl groups excluding tert-OH is 1. The number of nitrogens with zero attached hydrogens (tertiary/aromatic N) is 3. The van der Waals surface area contributed by atoms with E-state index in [1.54, 1.807) is 18.2 Å². The van der Waals surface area contributed by atoms with Crippen molar-refractivity contribution in [2.75, 3.05) is 17.2 Å². The minimum Gasteiger partial charge on any atom is -0.474 e. The van der Waals surface area contributed by atoms with Gasteiger partial charge in [0.1, 0.15) is 16.7 Å². The van der Waals surface area contributed by atoms with Gasteiger partial charge >= 0.3 is 0 Å². The van der Waals surface area contributed by atoms with E-state index in [0.717, 1.165) is 6.42 Å². The molecule has 8 nitrogen and oxygen atoms in total. The zero-order valence-electron chi connectivity index (χ0n) is 16.0. The van der Waals surface area contributed by atoms with Gasteiger partial charge in [-0.3, -0.25) is 5.10 Å². The largest absolute Gasteiger partial charge is 0.474 e.